The number of para-hydroxylation sites is 1. The summed E-state index contributed by atoms with van der Waals surface area (Å²) in [5.41, 5.74) is 3.01. The Hall–Kier alpha value is -1.95. The van der Waals surface area contributed by atoms with E-state index in [1.807, 2.05) is 37.4 Å². The van der Waals surface area contributed by atoms with Crippen LogP contribution in [0.3, 0.4) is 0 Å². The van der Waals surface area contributed by atoms with Crippen LogP contribution in [0.15, 0.2) is 54.6 Å². The average molecular weight is 421 g/mol. The van der Waals surface area contributed by atoms with Gasteiger partial charge in [-0.25, -0.2) is 4.39 Å². The van der Waals surface area contributed by atoms with Gasteiger partial charge in [0.05, 0.1) is 7.11 Å². The molecule has 2 nitrogen and oxygen atoms in total. The van der Waals surface area contributed by atoms with Gasteiger partial charge in [-0.15, -0.1) is 0 Å². The zero-order chi connectivity index (χ0) is 15.5. The molecule has 0 saturated heterocycles. The van der Waals surface area contributed by atoms with Gasteiger partial charge >= 0.3 is 0 Å². The molecule has 0 unspecified atom stereocenters. The molecule has 0 amide bonds. The SMILES string of the molecule is COc1ccc(/C=C/c2ccc3ccccc3[n+]2C)cc1F.[I-]. The smallest absolute Gasteiger partial charge is 0.212 e. The van der Waals surface area contributed by atoms with Gasteiger partial charge in [-0.1, -0.05) is 18.2 Å². The Labute approximate surface area is 152 Å². The number of hydrogen-bond donors (Lipinski definition) is 0. The van der Waals surface area contributed by atoms with Gasteiger partial charge in [0, 0.05) is 23.6 Å². The van der Waals surface area contributed by atoms with Crippen molar-refractivity contribution in [1.29, 1.82) is 0 Å². The van der Waals surface area contributed by atoms with E-state index >= 15 is 0 Å². The minimum absolute atomic E-state index is 0. The van der Waals surface area contributed by atoms with Crippen molar-refractivity contribution in [2.75, 3.05) is 7.11 Å². The zero-order valence-corrected chi connectivity index (χ0v) is 15.1. The summed E-state index contributed by atoms with van der Waals surface area (Å²) in [6.07, 6.45) is 3.88. The summed E-state index contributed by atoms with van der Waals surface area (Å²) in [5, 5.41) is 1.19. The lowest BCUT2D eigenvalue weighted by atomic mass is 10.1. The van der Waals surface area contributed by atoms with Crippen molar-refractivity contribution < 1.29 is 37.7 Å². The van der Waals surface area contributed by atoms with Gasteiger partial charge in [0.2, 0.25) is 11.2 Å². The Morgan fingerprint density at radius 2 is 1.78 bits per heavy atom. The molecule has 118 valence electrons. The predicted octanol–water partition coefficient (Wildman–Crippen LogP) is 0.986. The molecule has 0 N–H and O–H groups in total. The Bertz CT molecular complexity index is 861. The molecule has 0 spiro atoms. The first-order chi connectivity index (χ1) is 10.7. The molecule has 23 heavy (non-hydrogen) atoms. The summed E-state index contributed by atoms with van der Waals surface area (Å²) in [5.74, 6) is -0.0963. The normalized spacial score (nSPS) is 10.7. The van der Waals surface area contributed by atoms with Crippen LogP contribution in [0.5, 0.6) is 5.75 Å². The highest BCUT2D eigenvalue weighted by molar-refractivity contribution is 5.77. The zero-order valence-electron chi connectivity index (χ0n) is 13.0. The largest absolute Gasteiger partial charge is 1.00 e. The maximum Gasteiger partial charge on any atom is 0.212 e. The van der Waals surface area contributed by atoms with E-state index in [4.69, 9.17) is 4.74 Å². The molecule has 0 saturated carbocycles. The van der Waals surface area contributed by atoms with E-state index < -0.39 is 0 Å². The van der Waals surface area contributed by atoms with Crippen LogP contribution in [0.25, 0.3) is 23.1 Å². The van der Waals surface area contributed by atoms with E-state index in [-0.39, 0.29) is 35.5 Å². The fourth-order valence-corrected chi connectivity index (χ4v) is 2.50. The van der Waals surface area contributed by atoms with Crippen molar-refractivity contribution in [3.8, 4) is 5.75 Å². The summed E-state index contributed by atoms with van der Waals surface area (Å²) < 4.78 is 20.7. The summed E-state index contributed by atoms with van der Waals surface area (Å²) in [4.78, 5) is 0. The predicted molar refractivity (Wildman–Crippen MR) is 87.0 cm³/mol. The monoisotopic (exact) mass is 421 g/mol. The van der Waals surface area contributed by atoms with Gasteiger partial charge in [-0.2, -0.15) is 4.57 Å². The van der Waals surface area contributed by atoms with Gasteiger partial charge in [-0.05, 0) is 35.9 Å². The molecular formula is C19H17FINO. The van der Waals surface area contributed by atoms with E-state index in [1.165, 1.54) is 18.6 Å². The second kappa shape index (κ2) is 7.55. The number of ether oxygens (including phenoxy) is 1. The summed E-state index contributed by atoms with van der Waals surface area (Å²) in [6.45, 7) is 0. The highest BCUT2D eigenvalue weighted by Crippen LogP contribution is 2.19. The topological polar surface area (TPSA) is 13.1 Å². The lowest BCUT2D eigenvalue weighted by Crippen LogP contribution is -3.00. The second-order valence-corrected chi connectivity index (χ2v) is 5.10. The molecule has 0 fully saturated rings. The molecule has 0 aliphatic rings. The van der Waals surface area contributed by atoms with E-state index in [0.29, 0.717) is 0 Å². The molecule has 3 rings (SSSR count). The van der Waals surface area contributed by atoms with Crippen LogP contribution in [0, 0.1) is 5.82 Å². The molecule has 2 aromatic carbocycles. The number of aryl methyl sites for hydroxylation is 1. The molecule has 0 aliphatic carbocycles. The Morgan fingerprint density at radius 3 is 2.52 bits per heavy atom. The number of rotatable bonds is 3. The van der Waals surface area contributed by atoms with Crippen molar-refractivity contribution in [2.24, 2.45) is 7.05 Å². The third-order valence-electron chi connectivity index (χ3n) is 3.74. The number of benzene rings is 2. The molecular weight excluding hydrogens is 404 g/mol. The van der Waals surface area contributed by atoms with Crippen molar-refractivity contribution in [2.45, 2.75) is 0 Å². The van der Waals surface area contributed by atoms with E-state index in [2.05, 4.69) is 28.8 Å². The first-order valence-corrected chi connectivity index (χ1v) is 7.08. The lowest BCUT2D eigenvalue weighted by molar-refractivity contribution is -0.646. The fourth-order valence-electron chi connectivity index (χ4n) is 2.50. The summed E-state index contributed by atoms with van der Waals surface area (Å²) in [6, 6.07) is 17.3. The number of hydrogen-bond acceptors (Lipinski definition) is 1. The number of halogens is 2. The third kappa shape index (κ3) is 3.69. The molecule has 0 bridgehead atoms. The Morgan fingerprint density at radius 1 is 1.00 bits per heavy atom. The lowest BCUT2D eigenvalue weighted by Gasteiger charge is -2.02. The van der Waals surface area contributed by atoms with Crippen LogP contribution in [0.1, 0.15) is 11.3 Å². The van der Waals surface area contributed by atoms with Crippen molar-refractivity contribution in [3.05, 3.63) is 71.7 Å². The van der Waals surface area contributed by atoms with Crippen LogP contribution in [-0.4, -0.2) is 7.11 Å². The number of pyridine rings is 1. The van der Waals surface area contributed by atoms with Crippen molar-refractivity contribution in [3.63, 3.8) is 0 Å². The Balaban J connectivity index is 0.00000192. The van der Waals surface area contributed by atoms with Crippen LogP contribution in [-0.2, 0) is 7.05 Å². The molecule has 0 atom stereocenters. The second-order valence-electron chi connectivity index (χ2n) is 5.10. The van der Waals surface area contributed by atoms with Gasteiger partial charge in [-0.3, -0.25) is 0 Å². The van der Waals surface area contributed by atoms with Gasteiger partial charge in [0.15, 0.2) is 11.6 Å². The molecule has 4 heteroatoms. The maximum absolute atomic E-state index is 13.7. The molecule has 1 aromatic heterocycles. The van der Waals surface area contributed by atoms with Gasteiger partial charge in [0.25, 0.3) is 0 Å². The van der Waals surface area contributed by atoms with Crippen molar-refractivity contribution in [1.82, 2.24) is 0 Å². The molecule has 1 heterocycles. The number of aromatic nitrogens is 1. The van der Waals surface area contributed by atoms with E-state index in [0.717, 1.165) is 16.8 Å². The number of nitrogens with zero attached hydrogens (tertiary/aromatic N) is 1. The fraction of sp³-hybridized carbons (Fsp3) is 0.105. The van der Waals surface area contributed by atoms with Crippen LogP contribution in [0.2, 0.25) is 0 Å². The van der Waals surface area contributed by atoms with E-state index in [1.54, 1.807) is 6.07 Å². The number of methoxy groups -OCH3 is 1. The highest BCUT2D eigenvalue weighted by atomic mass is 127. The molecule has 0 aliphatic heterocycles. The minimum Gasteiger partial charge on any atom is -1.00 e. The van der Waals surface area contributed by atoms with Crippen LogP contribution < -0.4 is 33.3 Å². The average Bonchev–Trinajstić information content (AvgIpc) is 2.55. The highest BCUT2D eigenvalue weighted by Gasteiger charge is 2.08. The van der Waals surface area contributed by atoms with Crippen molar-refractivity contribution >= 4 is 23.1 Å². The summed E-state index contributed by atoms with van der Waals surface area (Å²) >= 11 is 0. The van der Waals surface area contributed by atoms with Crippen LogP contribution in [0.4, 0.5) is 4.39 Å². The minimum atomic E-state index is -0.354. The Kier molecular flexibility index (Phi) is 5.71. The van der Waals surface area contributed by atoms with Crippen LogP contribution >= 0.6 is 0 Å². The van der Waals surface area contributed by atoms with Gasteiger partial charge < -0.3 is 28.7 Å². The summed E-state index contributed by atoms with van der Waals surface area (Å²) in [7, 11) is 3.49. The molecule has 3 aromatic rings. The number of fused-ring (bicyclic) bond motifs is 1. The standard InChI is InChI=1S/C19H17FNO.HI/c1-21-16(11-9-15-5-3-4-6-18(15)21)10-7-14-8-12-19(22-2)17(20)13-14;/h3-13H,1-2H3;1H/q+1;/p-1/b10-7+;. The van der Waals surface area contributed by atoms with Gasteiger partial charge in [0.1, 0.15) is 7.05 Å². The molecule has 0 radical (unpaired) electrons. The quantitative estimate of drug-likeness (QED) is 0.454. The third-order valence-corrected chi connectivity index (χ3v) is 3.74. The first kappa shape index (κ1) is 17.4. The van der Waals surface area contributed by atoms with E-state index in [9.17, 15) is 4.39 Å². The maximum atomic E-state index is 13.7. The first-order valence-electron chi connectivity index (χ1n) is 7.08.